The van der Waals surface area contributed by atoms with Crippen LogP contribution in [0.15, 0.2) is 110 Å². The third kappa shape index (κ3) is 19.0. The number of carbonyl (C=O) groups excluding carboxylic acids is 8. The Morgan fingerprint density at radius 3 is 0.968 bits per heavy atom. The van der Waals surface area contributed by atoms with E-state index in [1.54, 1.807) is 94.6 Å². The van der Waals surface area contributed by atoms with Crippen LogP contribution in [0, 0.1) is 35.3 Å². The lowest BCUT2D eigenvalue weighted by molar-refractivity contribution is -0.176. The van der Waals surface area contributed by atoms with Crippen LogP contribution in [-0.2, 0) is 83.2 Å². The molecule has 0 spiro atoms. The van der Waals surface area contributed by atoms with Gasteiger partial charge >= 0.3 is 23.9 Å². The van der Waals surface area contributed by atoms with Crippen molar-refractivity contribution in [3.05, 3.63) is 144 Å². The van der Waals surface area contributed by atoms with E-state index in [4.69, 9.17) is 18.9 Å². The van der Waals surface area contributed by atoms with Gasteiger partial charge in [0.25, 0.3) is 23.6 Å². The maximum Gasteiger partial charge on any atom is 0.329 e. The Labute approximate surface area is 548 Å². The number of carbonyl (C=O) groups is 8. The molecule has 8 atom stereocenters. The molecule has 0 saturated carbocycles. The highest BCUT2D eigenvalue weighted by Crippen LogP contribution is 2.27. The number of ether oxygens (including phenoxy) is 4. The second-order valence-electron chi connectivity index (χ2n) is 25.9. The summed E-state index contributed by atoms with van der Waals surface area (Å²) in [5.41, 5.74) is 4.97. The van der Waals surface area contributed by atoms with E-state index in [-0.39, 0.29) is 75.3 Å². The molecule has 0 radical (unpaired) electrons. The first-order valence-electron chi connectivity index (χ1n) is 31.8. The lowest BCUT2D eigenvalue weighted by atomic mass is 9.99. The number of amides is 4. The van der Waals surface area contributed by atoms with Gasteiger partial charge < -0.3 is 38.5 Å². The fourth-order valence-corrected chi connectivity index (χ4v) is 11.2. The van der Waals surface area contributed by atoms with Crippen LogP contribution in [0.5, 0.6) is 0 Å². The Bertz CT molecular complexity index is 3330. The van der Waals surface area contributed by atoms with Crippen molar-refractivity contribution in [2.75, 3.05) is 28.2 Å². The Morgan fingerprint density at radius 2 is 0.681 bits per heavy atom. The fourth-order valence-electron chi connectivity index (χ4n) is 11.2. The highest BCUT2D eigenvalue weighted by molar-refractivity contribution is 5.94. The molecule has 0 N–H and O–H groups in total. The molecule has 4 amide bonds. The topological polar surface area (TPSA) is 248 Å². The molecule has 22 nitrogen and oxygen atoms in total. The molecule has 2 aromatic carbocycles. The molecule has 7 rings (SSSR count). The number of rotatable bonds is 18. The maximum absolute atomic E-state index is 15.2. The molecule has 1 saturated heterocycles. The number of likely N-dealkylation sites (N-methyl/N-ethyl adjacent to an activating group) is 4. The van der Waals surface area contributed by atoms with E-state index in [9.17, 15) is 37.5 Å². The first-order chi connectivity index (χ1) is 44.5. The molecule has 504 valence electrons. The van der Waals surface area contributed by atoms with E-state index >= 15 is 9.59 Å². The van der Waals surface area contributed by atoms with E-state index in [0.29, 0.717) is 33.9 Å². The Kier molecular flexibility index (Phi) is 25.0. The molecule has 94 heavy (non-hydrogen) atoms. The summed E-state index contributed by atoms with van der Waals surface area (Å²) < 4.78 is 55.3. The quantitative estimate of drug-likeness (QED) is 0.0577. The van der Waals surface area contributed by atoms with Gasteiger partial charge in [0, 0.05) is 53.4 Å². The molecule has 0 bridgehead atoms. The van der Waals surface area contributed by atoms with Crippen molar-refractivity contribution in [3.8, 4) is 22.8 Å². The smallest absolute Gasteiger partial charge is 0.329 e. The minimum Gasteiger partial charge on any atom is -0.451 e. The molecule has 5 heterocycles. The lowest BCUT2D eigenvalue weighted by Gasteiger charge is -2.35. The molecule has 24 heteroatoms. The van der Waals surface area contributed by atoms with Crippen molar-refractivity contribution in [2.45, 2.75) is 169 Å². The number of esters is 4. The van der Waals surface area contributed by atoms with Gasteiger partial charge in [0.2, 0.25) is 0 Å². The SMILES string of the molecule is CC(C)C[C@H]1C(=O)O[C@H](Cc2ccc(Cn3nccc3-c3ccc(F)cn3)cc2)C(=O)N(C)[C@@H](CC(C)C)C(=O)O[C@H](C)C(=O)N(C)[C@@H](CC(C)C)C(=O)O[C@H](Cc2ccc(Cn3nccc3-c3ccc(F)cn3)cc2)C(=O)N(C)[C@@H](CC(C)C)C(=O)O[C@H](C)C(=O)N1C. The highest BCUT2D eigenvalue weighted by Gasteiger charge is 2.43. The summed E-state index contributed by atoms with van der Waals surface area (Å²) >= 11 is 0. The molecule has 0 unspecified atom stereocenters. The zero-order valence-corrected chi connectivity index (χ0v) is 56.1. The summed E-state index contributed by atoms with van der Waals surface area (Å²) in [4.78, 5) is 132. The van der Waals surface area contributed by atoms with Gasteiger partial charge in [-0.2, -0.15) is 10.2 Å². The average Bonchev–Trinajstić information content (AvgIpc) is 0.918. The van der Waals surface area contributed by atoms with Crippen LogP contribution < -0.4 is 0 Å². The van der Waals surface area contributed by atoms with E-state index < -0.39 is 108 Å². The predicted molar refractivity (Wildman–Crippen MR) is 344 cm³/mol. The summed E-state index contributed by atoms with van der Waals surface area (Å²) in [5, 5.41) is 8.89. The maximum atomic E-state index is 15.2. The van der Waals surface area contributed by atoms with Gasteiger partial charge in [0.05, 0.1) is 48.3 Å². The molecular weight excluding hydrogens is 1210 g/mol. The van der Waals surface area contributed by atoms with Gasteiger partial charge in [0.1, 0.15) is 35.8 Å². The van der Waals surface area contributed by atoms with Gasteiger partial charge in [-0.15, -0.1) is 0 Å². The van der Waals surface area contributed by atoms with E-state index in [2.05, 4.69) is 20.2 Å². The second kappa shape index (κ2) is 32.6. The molecule has 1 aliphatic rings. The molecule has 6 aromatic rings. The zero-order chi connectivity index (χ0) is 68.8. The van der Waals surface area contributed by atoms with Crippen molar-refractivity contribution >= 4 is 47.5 Å². The van der Waals surface area contributed by atoms with Crippen LogP contribution in [0.3, 0.4) is 0 Å². The van der Waals surface area contributed by atoms with Gasteiger partial charge in [-0.05, 0) is 122 Å². The average molecular weight is 1300 g/mol. The summed E-state index contributed by atoms with van der Waals surface area (Å²) in [6.45, 7) is 17.9. The number of aromatic nitrogens is 6. The summed E-state index contributed by atoms with van der Waals surface area (Å²) in [7, 11) is 5.46. The van der Waals surface area contributed by atoms with Crippen molar-refractivity contribution in [1.82, 2.24) is 49.1 Å². The van der Waals surface area contributed by atoms with Crippen molar-refractivity contribution in [3.63, 3.8) is 0 Å². The minimum absolute atomic E-state index is 0.0350. The monoisotopic (exact) mass is 1300 g/mol. The molecule has 4 aromatic heterocycles. The number of hydrogen-bond acceptors (Lipinski definition) is 16. The van der Waals surface area contributed by atoms with Crippen LogP contribution in [-0.4, -0.2) is 173 Å². The molecule has 1 aliphatic heterocycles. The number of hydrogen-bond donors (Lipinski definition) is 0. The highest BCUT2D eigenvalue weighted by atomic mass is 19.1. The van der Waals surface area contributed by atoms with Crippen LogP contribution in [0.2, 0.25) is 0 Å². The Morgan fingerprint density at radius 1 is 0.394 bits per heavy atom. The second-order valence-corrected chi connectivity index (χ2v) is 25.9. The van der Waals surface area contributed by atoms with Gasteiger partial charge in [-0.25, -0.2) is 28.0 Å². The van der Waals surface area contributed by atoms with Gasteiger partial charge in [-0.1, -0.05) is 104 Å². The van der Waals surface area contributed by atoms with Gasteiger partial charge in [0.15, 0.2) is 24.4 Å². The van der Waals surface area contributed by atoms with E-state index in [1.807, 2.05) is 55.4 Å². The normalized spacial score (nSPS) is 21.5. The predicted octanol–water partition coefficient (Wildman–Crippen LogP) is 8.56. The summed E-state index contributed by atoms with van der Waals surface area (Å²) in [6.07, 6.45) is -1.13. The van der Waals surface area contributed by atoms with E-state index in [0.717, 1.165) is 43.1 Å². The van der Waals surface area contributed by atoms with Crippen LogP contribution in [0.25, 0.3) is 22.8 Å². The van der Waals surface area contributed by atoms with Gasteiger partial charge in [-0.3, -0.25) is 38.5 Å². The standard InChI is InChI=1S/C70H88F2N10O12/c1-41(2)31-57-67(87)91-45(9)63(83)77(11)60(34-44(7)8)70(90)94-62(36-48-17-21-50(22-18-48)40-82-56(28-30-76-82)54-26-24-52(72)38-74-54)66(86)80(14)58(32-42(3)4)68(88)92-46(10)64(84)78(12)59(33-43(5)6)69(89)93-61(65(85)79(57)13)35-47-15-19-49(20-16-47)39-81-55(27-29-75-81)53-25-23-51(71)37-73-53/h15-30,37-38,41-46,57-62H,31-36,39-40H2,1-14H3/t45-,46-,57+,58+,59+,60+,61-,62-/m1/s1. The van der Waals surface area contributed by atoms with E-state index in [1.165, 1.54) is 54.2 Å². The zero-order valence-electron chi connectivity index (χ0n) is 56.1. The Balaban J connectivity index is 1.23. The fraction of sp³-hybridized carbons (Fsp3) is 0.486. The van der Waals surface area contributed by atoms with Crippen molar-refractivity contribution < 1.29 is 66.1 Å². The molecular formula is C70H88F2N10O12. The number of cyclic esters (lactones) is 4. The van der Waals surface area contributed by atoms with Crippen molar-refractivity contribution in [2.24, 2.45) is 23.7 Å². The molecule has 1 fully saturated rings. The number of pyridine rings is 2. The summed E-state index contributed by atoms with van der Waals surface area (Å²) in [6, 6.07) is 18.1. The largest absolute Gasteiger partial charge is 0.451 e. The van der Waals surface area contributed by atoms with Crippen LogP contribution >= 0.6 is 0 Å². The van der Waals surface area contributed by atoms with Crippen molar-refractivity contribution in [1.29, 1.82) is 0 Å². The first-order valence-corrected chi connectivity index (χ1v) is 31.8. The van der Waals surface area contributed by atoms with Crippen LogP contribution in [0.4, 0.5) is 8.78 Å². The number of benzene rings is 2. The molecule has 0 aliphatic carbocycles. The Hall–Kier alpha value is -9.22. The number of halogens is 2. The minimum atomic E-state index is -1.61. The lowest BCUT2D eigenvalue weighted by Crippen LogP contribution is -2.55. The summed E-state index contributed by atoms with van der Waals surface area (Å²) in [5.74, 6) is -8.96. The third-order valence-electron chi connectivity index (χ3n) is 16.4. The third-order valence-corrected chi connectivity index (χ3v) is 16.4. The number of nitrogens with zero attached hydrogens (tertiary/aromatic N) is 10. The van der Waals surface area contributed by atoms with Crippen LogP contribution in [0.1, 0.15) is 117 Å². The first kappa shape index (κ1) is 72.2.